The number of carbonyl (C=O) groups excluding carboxylic acids is 1. The Labute approximate surface area is 80.3 Å². The molecule has 0 radical (unpaired) electrons. The normalized spacial score (nSPS) is 9.85. The van der Waals surface area contributed by atoms with Gasteiger partial charge in [0.25, 0.3) is 0 Å². The monoisotopic (exact) mass is 202 g/mol. The van der Waals surface area contributed by atoms with Gasteiger partial charge in [0, 0.05) is 5.02 Å². The van der Waals surface area contributed by atoms with Crippen molar-refractivity contribution in [3.05, 3.63) is 34.1 Å². The average molecular weight is 203 g/mol. The first-order chi connectivity index (χ1) is 6.06. The lowest BCUT2D eigenvalue weighted by Crippen LogP contribution is -2.05. The molecule has 0 bridgehead atoms. The predicted octanol–water partition coefficient (Wildman–Crippen LogP) is 2.57. The summed E-state index contributed by atoms with van der Waals surface area (Å²) < 4.78 is 17.5. The van der Waals surface area contributed by atoms with E-state index in [1.807, 2.05) is 0 Å². The van der Waals surface area contributed by atoms with Crippen molar-refractivity contribution in [2.75, 3.05) is 7.11 Å². The van der Waals surface area contributed by atoms with E-state index in [1.54, 1.807) is 0 Å². The highest BCUT2D eigenvalue weighted by molar-refractivity contribution is 6.31. The number of halogens is 2. The van der Waals surface area contributed by atoms with Crippen molar-refractivity contribution in [2.24, 2.45) is 0 Å². The summed E-state index contributed by atoms with van der Waals surface area (Å²) in [7, 11) is 1.24. The first kappa shape index (κ1) is 9.99. The van der Waals surface area contributed by atoms with Gasteiger partial charge in [-0.15, -0.1) is 0 Å². The number of methoxy groups -OCH3 is 1. The lowest BCUT2D eigenvalue weighted by Gasteiger charge is -2.04. The SMILES string of the molecule is COC(=O)c1cc(Cl)cc(F)c1C. The van der Waals surface area contributed by atoms with Crippen LogP contribution in [-0.2, 0) is 4.74 Å². The van der Waals surface area contributed by atoms with Crippen LogP contribution in [-0.4, -0.2) is 13.1 Å². The van der Waals surface area contributed by atoms with Crippen LogP contribution in [0.25, 0.3) is 0 Å². The van der Waals surface area contributed by atoms with Gasteiger partial charge in [-0.25, -0.2) is 9.18 Å². The van der Waals surface area contributed by atoms with Gasteiger partial charge in [0.15, 0.2) is 0 Å². The molecule has 0 aliphatic heterocycles. The summed E-state index contributed by atoms with van der Waals surface area (Å²) >= 11 is 5.58. The van der Waals surface area contributed by atoms with Crippen LogP contribution in [0.5, 0.6) is 0 Å². The summed E-state index contributed by atoms with van der Waals surface area (Å²) in [4.78, 5) is 11.1. The number of carbonyl (C=O) groups is 1. The maximum Gasteiger partial charge on any atom is 0.338 e. The molecule has 1 aromatic rings. The Hall–Kier alpha value is -1.09. The molecule has 0 saturated carbocycles. The zero-order chi connectivity index (χ0) is 10.0. The second-order valence-corrected chi connectivity index (χ2v) is 2.99. The van der Waals surface area contributed by atoms with Gasteiger partial charge in [-0.3, -0.25) is 0 Å². The Morgan fingerprint density at radius 1 is 1.54 bits per heavy atom. The second-order valence-electron chi connectivity index (χ2n) is 2.55. The Kier molecular flexibility index (Phi) is 2.88. The van der Waals surface area contributed by atoms with Crippen LogP contribution in [0.2, 0.25) is 5.02 Å². The summed E-state index contributed by atoms with van der Waals surface area (Å²) in [6.45, 7) is 1.50. The number of benzene rings is 1. The van der Waals surface area contributed by atoms with Crippen LogP contribution in [0, 0.1) is 12.7 Å². The molecule has 0 N–H and O–H groups in total. The van der Waals surface area contributed by atoms with E-state index in [9.17, 15) is 9.18 Å². The maximum atomic E-state index is 13.0. The zero-order valence-electron chi connectivity index (χ0n) is 7.23. The molecule has 0 amide bonds. The Morgan fingerprint density at radius 2 is 2.15 bits per heavy atom. The molecule has 0 aliphatic carbocycles. The third-order valence-corrected chi connectivity index (χ3v) is 1.93. The standard InChI is InChI=1S/C9H8ClFO2/c1-5-7(9(12)13-2)3-6(10)4-8(5)11/h3-4H,1-2H3. The third kappa shape index (κ3) is 1.98. The third-order valence-electron chi connectivity index (χ3n) is 1.71. The zero-order valence-corrected chi connectivity index (χ0v) is 7.98. The highest BCUT2D eigenvalue weighted by atomic mass is 35.5. The molecule has 0 heterocycles. The Bertz CT molecular complexity index is 350. The number of hydrogen-bond acceptors (Lipinski definition) is 2. The first-order valence-electron chi connectivity index (χ1n) is 3.60. The van der Waals surface area contributed by atoms with Crippen molar-refractivity contribution >= 4 is 17.6 Å². The predicted molar refractivity (Wildman–Crippen MR) is 47.5 cm³/mol. The van der Waals surface area contributed by atoms with E-state index in [-0.39, 0.29) is 16.1 Å². The van der Waals surface area contributed by atoms with Gasteiger partial charge in [0.05, 0.1) is 12.7 Å². The number of hydrogen-bond donors (Lipinski definition) is 0. The van der Waals surface area contributed by atoms with E-state index in [1.165, 1.54) is 20.1 Å². The first-order valence-corrected chi connectivity index (χ1v) is 3.98. The number of ether oxygens (including phenoxy) is 1. The molecule has 0 atom stereocenters. The minimum Gasteiger partial charge on any atom is -0.465 e. The fourth-order valence-electron chi connectivity index (χ4n) is 0.968. The fourth-order valence-corrected chi connectivity index (χ4v) is 1.17. The minimum atomic E-state index is -0.584. The Balaban J connectivity index is 3.28. The lowest BCUT2D eigenvalue weighted by molar-refractivity contribution is 0.0599. The molecule has 70 valence electrons. The summed E-state index contributed by atoms with van der Waals surface area (Å²) in [5.41, 5.74) is 0.406. The van der Waals surface area contributed by atoms with Gasteiger partial charge < -0.3 is 4.74 Å². The fraction of sp³-hybridized carbons (Fsp3) is 0.222. The van der Waals surface area contributed by atoms with Gasteiger partial charge >= 0.3 is 5.97 Å². The van der Waals surface area contributed by atoms with Gasteiger partial charge in [0.2, 0.25) is 0 Å². The second kappa shape index (κ2) is 3.75. The van der Waals surface area contributed by atoms with Crippen molar-refractivity contribution in [3.8, 4) is 0 Å². The Morgan fingerprint density at radius 3 is 2.69 bits per heavy atom. The van der Waals surface area contributed by atoms with Crippen LogP contribution in [0.3, 0.4) is 0 Å². The molecule has 1 rings (SSSR count). The highest BCUT2D eigenvalue weighted by Crippen LogP contribution is 2.19. The van der Waals surface area contributed by atoms with E-state index in [0.717, 1.165) is 6.07 Å². The smallest absolute Gasteiger partial charge is 0.338 e. The largest absolute Gasteiger partial charge is 0.465 e. The van der Waals surface area contributed by atoms with E-state index >= 15 is 0 Å². The van der Waals surface area contributed by atoms with Crippen LogP contribution in [0.1, 0.15) is 15.9 Å². The molecule has 0 aromatic heterocycles. The molecular weight excluding hydrogens is 195 g/mol. The molecule has 13 heavy (non-hydrogen) atoms. The number of rotatable bonds is 1. The van der Waals surface area contributed by atoms with Crippen LogP contribution in [0.15, 0.2) is 12.1 Å². The molecular formula is C9H8ClFO2. The molecule has 0 aliphatic rings. The van der Waals surface area contributed by atoms with Gasteiger partial charge in [-0.05, 0) is 24.6 Å². The van der Waals surface area contributed by atoms with E-state index in [2.05, 4.69) is 4.74 Å². The quantitative estimate of drug-likeness (QED) is 0.655. The summed E-state index contributed by atoms with van der Waals surface area (Å²) in [6, 6.07) is 2.54. The van der Waals surface area contributed by atoms with Crippen molar-refractivity contribution in [2.45, 2.75) is 6.92 Å². The molecule has 4 heteroatoms. The van der Waals surface area contributed by atoms with Crippen LogP contribution >= 0.6 is 11.6 Å². The molecule has 0 unspecified atom stereocenters. The van der Waals surface area contributed by atoms with Gasteiger partial charge in [-0.2, -0.15) is 0 Å². The molecule has 1 aromatic carbocycles. The molecule has 0 saturated heterocycles. The molecule has 0 spiro atoms. The highest BCUT2D eigenvalue weighted by Gasteiger charge is 2.13. The van der Waals surface area contributed by atoms with Crippen LogP contribution < -0.4 is 0 Å². The van der Waals surface area contributed by atoms with Crippen LogP contribution in [0.4, 0.5) is 4.39 Å². The lowest BCUT2D eigenvalue weighted by atomic mass is 10.1. The average Bonchev–Trinajstić information content (AvgIpc) is 2.10. The van der Waals surface area contributed by atoms with Crippen molar-refractivity contribution in [1.29, 1.82) is 0 Å². The van der Waals surface area contributed by atoms with E-state index in [4.69, 9.17) is 11.6 Å². The topological polar surface area (TPSA) is 26.3 Å². The van der Waals surface area contributed by atoms with Crippen molar-refractivity contribution < 1.29 is 13.9 Å². The summed E-state index contributed by atoms with van der Waals surface area (Å²) in [5, 5.41) is 0.184. The summed E-state index contributed by atoms with van der Waals surface area (Å²) in [6.07, 6.45) is 0. The maximum absolute atomic E-state index is 13.0. The van der Waals surface area contributed by atoms with E-state index in [0.29, 0.717) is 0 Å². The number of esters is 1. The summed E-state index contributed by atoms with van der Waals surface area (Å²) in [5.74, 6) is -1.09. The molecule has 2 nitrogen and oxygen atoms in total. The van der Waals surface area contributed by atoms with Crippen molar-refractivity contribution in [1.82, 2.24) is 0 Å². The van der Waals surface area contributed by atoms with E-state index < -0.39 is 11.8 Å². The molecule has 0 fully saturated rings. The van der Waals surface area contributed by atoms with Gasteiger partial charge in [0.1, 0.15) is 5.82 Å². The van der Waals surface area contributed by atoms with Gasteiger partial charge in [-0.1, -0.05) is 11.6 Å². The van der Waals surface area contributed by atoms with Crippen molar-refractivity contribution in [3.63, 3.8) is 0 Å². The minimum absolute atomic E-state index is 0.160.